The molecule has 1 heterocycles. The summed E-state index contributed by atoms with van der Waals surface area (Å²) in [6.07, 6.45) is 1.19. The molecule has 1 aliphatic heterocycles. The van der Waals surface area contributed by atoms with Crippen molar-refractivity contribution in [3.63, 3.8) is 0 Å². The molecular formula is C28H39F3N3O3P. The Hall–Kier alpha value is -2.67. The fraction of sp³-hybridized carbons (Fsp3) is 0.536. The van der Waals surface area contributed by atoms with Gasteiger partial charge in [0.15, 0.2) is 0 Å². The van der Waals surface area contributed by atoms with Gasteiger partial charge in [0.2, 0.25) is 0 Å². The van der Waals surface area contributed by atoms with Gasteiger partial charge in [0.1, 0.15) is 17.2 Å². The van der Waals surface area contributed by atoms with E-state index in [2.05, 4.69) is 4.99 Å². The molecule has 0 radical (unpaired) electrons. The lowest BCUT2D eigenvalue weighted by Gasteiger charge is -2.33. The number of alkyl halides is 3. The first-order chi connectivity index (χ1) is 17.7. The number of methoxy groups -OCH3 is 1. The van der Waals surface area contributed by atoms with Crippen molar-refractivity contribution in [2.75, 3.05) is 20.2 Å². The van der Waals surface area contributed by atoms with Gasteiger partial charge < -0.3 is 14.4 Å². The van der Waals surface area contributed by atoms with E-state index >= 15 is 0 Å². The summed E-state index contributed by atoms with van der Waals surface area (Å²) in [4.78, 5) is 18.5. The molecule has 0 spiro atoms. The third kappa shape index (κ3) is 9.26. The molecule has 1 fully saturated rings. The molecular weight excluding hydrogens is 514 g/mol. The second-order valence-corrected chi connectivity index (χ2v) is 11.7. The van der Waals surface area contributed by atoms with E-state index in [-0.39, 0.29) is 17.7 Å². The number of nitrogens with zero attached hydrogens (tertiary/aromatic N) is 2. The highest BCUT2D eigenvalue weighted by Crippen LogP contribution is 2.36. The molecule has 1 aromatic rings. The summed E-state index contributed by atoms with van der Waals surface area (Å²) in [6, 6.07) is 2.04. The Morgan fingerprint density at radius 1 is 1.24 bits per heavy atom. The molecule has 0 saturated carbocycles. The highest BCUT2D eigenvalue weighted by molar-refractivity contribution is 7.42. The topological polar surface area (TPSA) is 75.0 Å². The highest BCUT2D eigenvalue weighted by Gasteiger charge is 2.32. The van der Waals surface area contributed by atoms with E-state index < -0.39 is 17.3 Å². The van der Waals surface area contributed by atoms with Gasteiger partial charge >= 0.3 is 12.3 Å². The van der Waals surface area contributed by atoms with Crippen molar-refractivity contribution in [3.8, 4) is 5.75 Å². The van der Waals surface area contributed by atoms with Crippen LogP contribution in [0.3, 0.4) is 0 Å². The summed E-state index contributed by atoms with van der Waals surface area (Å²) in [6.45, 7) is 12.2. The molecule has 38 heavy (non-hydrogen) atoms. The number of allylic oxidation sites excluding steroid dienone is 2. The molecule has 1 atom stereocenters. The fourth-order valence-electron chi connectivity index (χ4n) is 3.89. The van der Waals surface area contributed by atoms with Gasteiger partial charge in [0.25, 0.3) is 0 Å². The van der Waals surface area contributed by atoms with Gasteiger partial charge in [-0.1, -0.05) is 27.4 Å². The van der Waals surface area contributed by atoms with E-state index in [1.165, 1.54) is 7.11 Å². The number of carbonyl (C=O) groups is 1. The molecule has 6 nitrogen and oxygen atoms in total. The Morgan fingerprint density at radius 2 is 1.87 bits per heavy atom. The van der Waals surface area contributed by atoms with Gasteiger partial charge in [-0.15, -0.1) is 0 Å². The summed E-state index contributed by atoms with van der Waals surface area (Å²) < 4.78 is 50.8. The number of aliphatic imine (C=N–C) groups is 1. The number of benzene rings is 1. The maximum atomic E-state index is 13.3. The molecule has 1 saturated heterocycles. The number of amidine groups is 1. The first-order valence-electron chi connectivity index (χ1n) is 12.7. The number of piperidine rings is 1. The Balaban J connectivity index is 2.19. The van der Waals surface area contributed by atoms with Gasteiger partial charge in [-0.3, -0.25) is 5.41 Å². The van der Waals surface area contributed by atoms with Crippen LogP contribution in [0, 0.1) is 12.3 Å². The minimum Gasteiger partial charge on any atom is -0.496 e. The fourth-order valence-corrected chi connectivity index (χ4v) is 5.10. The zero-order valence-electron chi connectivity index (χ0n) is 23.3. The molecule has 1 aliphatic rings. The zero-order chi connectivity index (χ0) is 28.7. The molecule has 0 aliphatic carbocycles. The number of carbonyl (C=O) groups excluding carboxylic acids is 1. The number of hydrogen-bond acceptors (Lipinski definition) is 4. The standard InChI is InChI=1S/C28H39F3N3O3P/c1-8-9-10-22(24-18(2)15-20(28(29,30)31)16-23(24)36-7)33-25(32)19(3)17-38-21-11-13-34(14-12-21)26(35)37-27(4,5)6/h9-10,15-17,21,32,38H,8,11-14H2,1-7H3/b10-9+,19-17-,32-25?,33-22?. The van der Waals surface area contributed by atoms with Crippen LogP contribution in [0.1, 0.15) is 70.6 Å². The van der Waals surface area contributed by atoms with Crippen LogP contribution in [-0.4, -0.2) is 54.0 Å². The maximum Gasteiger partial charge on any atom is 0.416 e. The third-order valence-electron chi connectivity index (χ3n) is 5.90. The van der Waals surface area contributed by atoms with Crippen LogP contribution in [0.5, 0.6) is 5.75 Å². The Kier molecular flexibility index (Phi) is 11.1. The largest absolute Gasteiger partial charge is 0.496 e. The van der Waals surface area contributed by atoms with Gasteiger partial charge in [-0.05, 0) is 88.9 Å². The predicted molar refractivity (Wildman–Crippen MR) is 149 cm³/mol. The van der Waals surface area contributed by atoms with Crippen molar-refractivity contribution in [3.05, 3.63) is 52.4 Å². The SMILES string of the molecule is CC/C=C/C(=NC(=N)/C(C)=C\PC1CCN(C(=O)OC(C)(C)C)CC1)c1c(C)cc(C(F)(F)F)cc1OC. The quantitative estimate of drug-likeness (QED) is 0.213. The number of aryl methyl sites for hydroxylation is 1. The molecule has 1 aromatic carbocycles. The number of hydrogen-bond donors (Lipinski definition) is 1. The summed E-state index contributed by atoms with van der Waals surface area (Å²) in [5.41, 5.74) is 0.941. The van der Waals surface area contributed by atoms with E-state index in [9.17, 15) is 18.0 Å². The first kappa shape index (κ1) is 31.5. The van der Waals surface area contributed by atoms with E-state index in [4.69, 9.17) is 14.9 Å². The molecule has 0 aromatic heterocycles. The van der Waals surface area contributed by atoms with Gasteiger partial charge in [-0.25, -0.2) is 9.79 Å². The number of likely N-dealkylation sites (tertiary alicyclic amines) is 1. The van der Waals surface area contributed by atoms with Gasteiger partial charge in [-0.2, -0.15) is 13.2 Å². The summed E-state index contributed by atoms with van der Waals surface area (Å²) in [5.74, 6) is 2.10. The number of amides is 1. The van der Waals surface area contributed by atoms with Crippen molar-refractivity contribution in [2.45, 2.75) is 78.2 Å². The van der Waals surface area contributed by atoms with E-state index in [1.807, 2.05) is 46.5 Å². The Bertz CT molecular complexity index is 1100. The van der Waals surface area contributed by atoms with Gasteiger partial charge in [0.05, 0.1) is 18.4 Å². The van der Waals surface area contributed by atoms with Crippen molar-refractivity contribution < 1.29 is 27.4 Å². The van der Waals surface area contributed by atoms with E-state index in [0.29, 0.717) is 56.2 Å². The zero-order valence-corrected chi connectivity index (χ0v) is 24.3. The lowest BCUT2D eigenvalue weighted by Crippen LogP contribution is -2.42. The molecule has 1 unspecified atom stereocenters. The molecule has 10 heteroatoms. The molecule has 1 amide bonds. The van der Waals surface area contributed by atoms with E-state index in [0.717, 1.165) is 25.0 Å². The Morgan fingerprint density at radius 3 is 2.39 bits per heavy atom. The Labute approximate surface area is 225 Å². The second kappa shape index (κ2) is 13.4. The average Bonchev–Trinajstić information content (AvgIpc) is 2.83. The van der Waals surface area contributed by atoms with Crippen LogP contribution >= 0.6 is 8.58 Å². The lowest BCUT2D eigenvalue weighted by molar-refractivity contribution is -0.137. The van der Waals surface area contributed by atoms with Gasteiger partial charge in [0, 0.05) is 18.7 Å². The minimum atomic E-state index is -4.50. The molecule has 0 bridgehead atoms. The van der Waals surface area contributed by atoms with Crippen molar-refractivity contribution in [2.24, 2.45) is 4.99 Å². The number of nitrogens with one attached hydrogen (secondary N) is 1. The monoisotopic (exact) mass is 553 g/mol. The van der Waals surface area contributed by atoms with Crippen molar-refractivity contribution in [1.29, 1.82) is 5.41 Å². The number of ether oxygens (including phenoxy) is 2. The van der Waals surface area contributed by atoms with E-state index in [1.54, 1.807) is 17.9 Å². The van der Waals surface area contributed by atoms with Crippen LogP contribution in [-0.2, 0) is 10.9 Å². The molecule has 1 N–H and O–H groups in total. The first-order valence-corrected chi connectivity index (χ1v) is 13.8. The van der Waals surface area contributed by atoms with Crippen LogP contribution < -0.4 is 4.74 Å². The third-order valence-corrected chi connectivity index (χ3v) is 7.55. The number of halogens is 3. The summed E-state index contributed by atoms with van der Waals surface area (Å²) in [7, 11) is 1.78. The lowest BCUT2D eigenvalue weighted by atomic mass is 9.98. The molecule has 210 valence electrons. The maximum absolute atomic E-state index is 13.3. The van der Waals surface area contributed by atoms with Crippen LogP contribution in [0.2, 0.25) is 0 Å². The summed E-state index contributed by atoms with van der Waals surface area (Å²) in [5, 5.41) is 8.56. The normalized spacial score (nSPS) is 16.5. The predicted octanol–water partition coefficient (Wildman–Crippen LogP) is 7.74. The number of rotatable bonds is 7. The second-order valence-electron chi connectivity index (χ2n) is 10.3. The highest BCUT2D eigenvalue weighted by atomic mass is 31.1. The average molecular weight is 554 g/mol. The molecule has 2 rings (SSSR count). The van der Waals surface area contributed by atoms with Crippen LogP contribution in [0.25, 0.3) is 0 Å². The van der Waals surface area contributed by atoms with Crippen molar-refractivity contribution >= 4 is 26.2 Å². The van der Waals surface area contributed by atoms with Crippen LogP contribution in [0.15, 0.2) is 40.7 Å². The van der Waals surface area contributed by atoms with Crippen molar-refractivity contribution in [1.82, 2.24) is 4.90 Å². The minimum absolute atomic E-state index is 0.0424. The van der Waals surface area contributed by atoms with Crippen LogP contribution in [0.4, 0.5) is 18.0 Å². The summed E-state index contributed by atoms with van der Waals surface area (Å²) >= 11 is 0. The smallest absolute Gasteiger partial charge is 0.416 e.